The van der Waals surface area contributed by atoms with E-state index in [2.05, 4.69) is 44.5 Å². The number of rotatable bonds is 3. The van der Waals surface area contributed by atoms with Crippen LogP contribution in [0.15, 0.2) is 36.5 Å². The molecule has 0 radical (unpaired) electrons. The molecule has 0 unspecified atom stereocenters. The van der Waals surface area contributed by atoms with Gasteiger partial charge in [0.25, 0.3) is 0 Å². The molecule has 23 heavy (non-hydrogen) atoms. The molecule has 2 fully saturated rings. The van der Waals surface area contributed by atoms with Gasteiger partial charge >= 0.3 is 0 Å². The number of H-pyrrole nitrogens is 1. The molecule has 0 amide bonds. The summed E-state index contributed by atoms with van der Waals surface area (Å²) in [5.41, 5.74) is 2.96. The summed E-state index contributed by atoms with van der Waals surface area (Å²) in [4.78, 5) is 10.6. The summed E-state index contributed by atoms with van der Waals surface area (Å²) in [7, 11) is 0. The Balaban J connectivity index is 0.00000156. The number of hydrogen-bond acceptors (Lipinski definition) is 3. The van der Waals surface area contributed by atoms with Gasteiger partial charge in [-0.1, -0.05) is 30.3 Å². The van der Waals surface area contributed by atoms with Gasteiger partial charge in [-0.2, -0.15) is 0 Å². The van der Waals surface area contributed by atoms with Crippen molar-refractivity contribution in [2.75, 3.05) is 26.2 Å². The van der Waals surface area contributed by atoms with E-state index < -0.39 is 0 Å². The molecule has 1 aromatic heterocycles. The maximum atomic E-state index is 4.54. The summed E-state index contributed by atoms with van der Waals surface area (Å²) in [6.45, 7) is 5.84. The summed E-state index contributed by atoms with van der Waals surface area (Å²) in [6, 6.07) is 10.3. The van der Waals surface area contributed by atoms with Crippen LogP contribution < -0.4 is 5.32 Å². The fraction of sp³-hybridized carbons (Fsp3) is 0.500. The Morgan fingerprint density at radius 1 is 1.09 bits per heavy atom. The van der Waals surface area contributed by atoms with Crippen LogP contribution in [-0.2, 0) is 6.54 Å². The standard InChI is InChI=1S/C18H24N4.ClH/c1-2-4-15(5-3-1)17-20-12-16(21-17)13-22-11-8-18(14-22)6-9-19-10-7-18;/h1-5,12,19H,6-11,13-14H2,(H,20,21);1H. The van der Waals surface area contributed by atoms with E-state index >= 15 is 0 Å². The number of aromatic amines is 1. The van der Waals surface area contributed by atoms with E-state index in [0.717, 1.165) is 17.9 Å². The van der Waals surface area contributed by atoms with E-state index in [1.807, 2.05) is 12.3 Å². The Bertz CT molecular complexity index is 619. The van der Waals surface area contributed by atoms with Gasteiger partial charge in [0, 0.05) is 30.5 Å². The van der Waals surface area contributed by atoms with E-state index in [4.69, 9.17) is 0 Å². The smallest absolute Gasteiger partial charge is 0.137 e. The van der Waals surface area contributed by atoms with Crippen molar-refractivity contribution in [2.45, 2.75) is 25.8 Å². The molecule has 0 saturated carbocycles. The highest BCUT2D eigenvalue weighted by molar-refractivity contribution is 5.85. The molecule has 0 bridgehead atoms. The summed E-state index contributed by atoms with van der Waals surface area (Å²) >= 11 is 0. The monoisotopic (exact) mass is 332 g/mol. The minimum atomic E-state index is 0. The molecule has 2 aliphatic rings. The first-order chi connectivity index (χ1) is 10.8. The van der Waals surface area contributed by atoms with Crippen molar-refractivity contribution in [2.24, 2.45) is 5.41 Å². The quantitative estimate of drug-likeness (QED) is 0.908. The van der Waals surface area contributed by atoms with Crippen LogP contribution in [0.25, 0.3) is 11.4 Å². The molecule has 1 aromatic carbocycles. The molecule has 5 heteroatoms. The second-order valence-electron chi connectivity index (χ2n) is 6.83. The maximum Gasteiger partial charge on any atom is 0.137 e. The fourth-order valence-electron chi connectivity index (χ4n) is 3.95. The van der Waals surface area contributed by atoms with E-state index in [1.54, 1.807) is 0 Å². The summed E-state index contributed by atoms with van der Waals surface area (Å²) < 4.78 is 0. The Morgan fingerprint density at radius 3 is 2.65 bits per heavy atom. The van der Waals surface area contributed by atoms with Crippen molar-refractivity contribution >= 4 is 12.4 Å². The number of likely N-dealkylation sites (tertiary alicyclic amines) is 1. The normalized spacial score (nSPS) is 20.5. The predicted octanol–water partition coefficient (Wildman–Crippen LogP) is 3.07. The van der Waals surface area contributed by atoms with Gasteiger partial charge in [-0.05, 0) is 44.3 Å². The molecule has 1 spiro atoms. The van der Waals surface area contributed by atoms with Gasteiger partial charge in [0.05, 0.1) is 0 Å². The molecule has 124 valence electrons. The topological polar surface area (TPSA) is 44.0 Å². The lowest BCUT2D eigenvalue weighted by Gasteiger charge is -2.33. The largest absolute Gasteiger partial charge is 0.341 e. The molecule has 0 aliphatic carbocycles. The van der Waals surface area contributed by atoms with Crippen LogP contribution in [-0.4, -0.2) is 41.0 Å². The molecule has 4 nitrogen and oxygen atoms in total. The van der Waals surface area contributed by atoms with Crippen molar-refractivity contribution in [1.29, 1.82) is 0 Å². The third-order valence-electron chi connectivity index (χ3n) is 5.25. The zero-order chi connectivity index (χ0) is 14.8. The van der Waals surface area contributed by atoms with Crippen LogP contribution in [0.2, 0.25) is 0 Å². The summed E-state index contributed by atoms with van der Waals surface area (Å²) in [5, 5.41) is 3.49. The summed E-state index contributed by atoms with van der Waals surface area (Å²) in [6.07, 6.45) is 6.02. The first kappa shape index (κ1) is 16.5. The van der Waals surface area contributed by atoms with Gasteiger partial charge in [-0.25, -0.2) is 4.98 Å². The van der Waals surface area contributed by atoms with Crippen molar-refractivity contribution < 1.29 is 0 Å². The van der Waals surface area contributed by atoms with Crippen LogP contribution in [0.1, 0.15) is 25.0 Å². The van der Waals surface area contributed by atoms with Crippen molar-refractivity contribution in [1.82, 2.24) is 20.2 Å². The second kappa shape index (κ2) is 7.04. The number of nitrogens with zero attached hydrogens (tertiary/aromatic N) is 2. The van der Waals surface area contributed by atoms with Crippen LogP contribution >= 0.6 is 12.4 Å². The number of benzene rings is 1. The van der Waals surface area contributed by atoms with E-state index in [0.29, 0.717) is 5.41 Å². The van der Waals surface area contributed by atoms with Crippen molar-refractivity contribution in [3.63, 3.8) is 0 Å². The van der Waals surface area contributed by atoms with Gasteiger partial charge in [-0.3, -0.25) is 4.90 Å². The SMILES string of the molecule is Cl.c1ccc(-c2ncc(CN3CCC4(CCNCC4)C3)[nH]2)cc1. The van der Waals surface area contributed by atoms with E-state index in [-0.39, 0.29) is 12.4 Å². The molecule has 2 saturated heterocycles. The predicted molar refractivity (Wildman–Crippen MR) is 95.7 cm³/mol. The lowest BCUT2D eigenvalue weighted by Crippen LogP contribution is -2.38. The van der Waals surface area contributed by atoms with Crippen molar-refractivity contribution in [3.05, 3.63) is 42.2 Å². The molecular weight excluding hydrogens is 308 g/mol. The Labute approximate surface area is 144 Å². The number of aromatic nitrogens is 2. The number of hydrogen-bond donors (Lipinski definition) is 2. The fourth-order valence-corrected chi connectivity index (χ4v) is 3.95. The third-order valence-corrected chi connectivity index (χ3v) is 5.25. The molecule has 4 rings (SSSR count). The first-order valence-corrected chi connectivity index (χ1v) is 8.35. The zero-order valence-corrected chi connectivity index (χ0v) is 14.2. The van der Waals surface area contributed by atoms with Gasteiger partial charge in [-0.15, -0.1) is 12.4 Å². The van der Waals surface area contributed by atoms with Crippen molar-refractivity contribution in [3.8, 4) is 11.4 Å². The second-order valence-corrected chi connectivity index (χ2v) is 6.83. The maximum absolute atomic E-state index is 4.54. The first-order valence-electron chi connectivity index (χ1n) is 8.35. The van der Waals surface area contributed by atoms with Crippen LogP contribution in [0, 0.1) is 5.41 Å². The number of piperidine rings is 1. The average Bonchev–Trinajstić information content (AvgIpc) is 3.17. The zero-order valence-electron chi connectivity index (χ0n) is 13.4. The summed E-state index contributed by atoms with van der Waals surface area (Å²) in [5.74, 6) is 0.978. The van der Waals surface area contributed by atoms with E-state index in [1.165, 1.54) is 51.1 Å². The van der Waals surface area contributed by atoms with Crippen LogP contribution in [0.4, 0.5) is 0 Å². The number of nitrogens with one attached hydrogen (secondary N) is 2. The lowest BCUT2D eigenvalue weighted by molar-refractivity contribution is 0.193. The molecule has 0 atom stereocenters. The highest BCUT2D eigenvalue weighted by Gasteiger charge is 2.38. The Kier molecular flexibility index (Phi) is 5.05. The Hall–Kier alpha value is -1.36. The Morgan fingerprint density at radius 2 is 1.87 bits per heavy atom. The average molecular weight is 333 g/mol. The molecular formula is C18H25ClN4. The van der Waals surface area contributed by atoms with Crippen LogP contribution in [0.5, 0.6) is 0 Å². The molecule has 2 N–H and O–H groups in total. The highest BCUT2D eigenvalue weighted by atomic mass is 35.5. The van der Waals surface area contributed by atoms with Gasteiger partial charge < -0.3 is 10.3 Å². The lowest BCUT2D eigenvalue weighted by atomic mass is 9.78. The number of imidazole rings is 1. The van der Waals surface area contributed by atoms with E-state index in [9.17, 15) is 0 Å². The van der Waals surface area contributed by atoms with Gasteiger partial charge in [0.1, 0.15) is 5.82 Å². The van der Waals surface area contributed by atoms with Gasteiger partial charge in [0.2, 0.25) is 0 Å². The minimum Gasteiger partial charge on any atom is -0.341 e. The molecule has 2 aliphatic heterocycles. The number of halogens is 1. The van der Waals surface area contributed by atoms with Crippen LogP contribution in [0.3, 0.4) is 0 Å². The molecule has 2 aromatic rings. The molecule has 3 heterocycles. The third kappa shape index (κ3) is 3.60. The minimum absolute atomic E-state index is 0. The highest BCUT2D eigenvalue weighted by Crippen LogP contribution is 2.38. The van der Waals surface area contributed by atoms with Gasteiger partial charge in [0.15, 0.2) is 0 Å².